The van der Waals surface area contributed by atoms with E-state index in [2.05, 4.69) is 68.9 Å². The van der Waals surface area contributed by atoms with Crippen LogP contribution in [0.4, 0.5) is 0 Å². The lowest BCUT2D eigenvalue weighted by Gasteiger charge is -2.11. The molecule has 53 heavy (non-hydrogen) atoms. The van der Waals surface area contributed by atoms with Gasteiger partial charge in [0.2, 0.25) is 20.6 Å². The van der Waals surface area contributed by atoms with Crippen LogP contribution in [0.15, 0.2) is 140 Å². The third-order valence-corrected chi connectivity index (χ3v) is 11.8. The summed E-state index contributed by atoms with van der Waals surface area (Å²) in [4.78, 5) is 0. The van der Waals surface area contributed by atoms with Crippen molar-refractivity contribution >= 4 is 59.5 Å². The van der Waals surface area contributed by atoms with Crippen molar-refractivity contribution in [1.29, 1.82) is 0 Å². The minimum absolute atomic E-state index is 0.482. The molecule has 0 unspecified atom stereocenters. The first-order valence-electron chi connectivity index (χ1n) is 17.3. The van der Waals surface area contributed by atoms with Crippen LogP contribution in [-0.2, 0) is 11.5 Å². The molecule has 0 amide bonds. The Balaban J connectivity index is 1.11. The highest BCUT2D eigenvalue weighted by Gasteiger charge is 2.16. The number of benzene rings is 4. The van der Waals surface area contributed by atoms with Gasteiger partial charge in [0.15, 0.2) is 0 Å². The van der Waals surface area contributed by atoms with E-state index >= 15 is 0 Å². The molecule has 0 N–H and O–H groups in total. The number of thioether (sulfide) groups is 4. The van der Waals surface area contributed by atoms with E-state index in [0.717, 1.165) is 79.1 Å². The fourth-order valence-corrected chi connectivity index (χ4v) is 8.71. The van der Waals surface area contributed by atoms with Crippen LogP contribution in [0.2, 0.25) is 0 Å². The summed E-state index contributed by atoms with van der Waals surface area (Å²) >= 11 is 6.57. The molecule has 0 fully saturated rings. The van der Waals surface area contributed by atoms with Gasteiger partial charge < -0.3 is 9.47 Å². The molecule has 0 bridgehead atoms. The Bertz CT molecular complexity index is 1960. The summed E-state index contributed by atoms with van der Waals surface area (Å²) in [7, 11) is 0. The molecule has 0 atom stereocenters. The Morgan fingerprint density at radius 1 is 0.509 bits per heavy atom. The number of para-hydroxylation sites is 2. The molecular formula is C39H38N8O2S4. The van der Waals surface area contributed by atoms with Gasteiger partial charge >= 0.3 is 0 Å². The maximum absolute atomic E-state index is 6.23. The molecule has 270 valence electrons. The first kappa shape index (κ1) is 36.8. The van der Waals surface area contributed by atoms with Gasteiger partial charge in [-0.3, -0.25) is 0 Å². The van der Waals surface area contributed by atoms with Crippen molar-refractivity contribution in [2.24, 2.45) is 10.2 Å². The zero-order valence-corrected chi connectivity index (χ0v) is 32.2. The molecule has 14 heteroatoms. The van der Waals surface area contributed by atoms with Crippen LogP contribution in [0.3, 0.4) is 0 Å². The van der Waals surface area contributed by atoms with Crippen molar-refractivity contribution < 1.29 is 9.47 Å². The van der Waals surface area contributed by atoms with Gasteiger partial charge in [-0.15, -0.1) is 20.4 Å². The van der Waals surface area contributed by atoms with Crippen LogP contribution < -0.4 is 9.47 Å². The number of rotatable bonds is 6. The maximum atomic E-state index is 6.23. The highest BCUT2D eigenvalue weighted by molar-refractivity contribution is 8.00. The van der Waals surface area contributed by atoms with Crippen molar-refractivity contribution in [3.63, 3.8) is 0 Å². The fraction of sp³-hybridized carbons (Fsp3) is 0.231. The molecule has 0 aliphatic carbocycles. The number of nitrogens with zero attached hydrogens (tertiary/aromatic N) is 8. The van der Waals surface area contributed by atoms with Gasteiger partial charge in [-0.25, -0.2) is 0 Å². The number of fused-ring (bicyclic) bond motifs is 4. The zero-order chi connectivity index (χ0) is 35.9. The molecule has 3 heterocycles. The first-order valence-corrected chi connectivity index (χ1v) is 21.3. The van der Waals surface area contributed by atoms with Crippen LogP contribution in [0, 0.1) is 0 Å². The lowest BCUT2D eigenvalue weighted by Crippen LogP contribution is -2.07. The second kappa shape index (κ2) is 19.5. The highest BCUT2D eigenvalue weighted by Crippen LogP contribution is 2.29. The topological polar surface area (TPSA) is 105 Å². The monoisotopic (exact) mass is 778 g/mol. The van der Waals surface area contributed by atoms with Gasteiger partial charge in [0.25, 0.3) is 0 Å². The van der Waals surface area contributed by atoms with E-state index in [1.54, 1.807) is 47.0 Å². The largest absolute Gasteiger partial charge is 0.493 e. The summed E-state index contributed by atoms with van der Waals surface area (Å²) in [6.45, 7) is 0.965. The molecule has 1 aliphatic rings. The quantitative estimate of drug-likeness (QED) is 0.152. The Labute approximate surface area is 326 Å². The smallest absolute Gasteiger partial charge is 0.213 e. The van der Waals surface area contributed by atoms with Gasteiger partial charge in [-0.1, -0.05) is 132 Å². The van der Waals surface area contributed by atoms with E-state index in [0.29, 0.717) is 19.6 Å². The molecule has 4 aromatic carbocycles. The lowest BCUT2D eigenvalue weighted by molar-refractivity contribution is 0.247. The predicted molar refractivity (Wildman–Crippen MR) is 217 cm³/mol. The van der Waals surface area contributed by atoms with Crippen molar-refractivity contribution in [3.05, 3.63) is 131 Å². The van der Waals surface area contributed by atoms with Gasteiger partial charge in [0, 0.05) is 40.6 Å². The molecule has 0 radical (unpaired) electrons. The van der Waals surface area contributed by atoms with Crippen molar-refractivity contribution in [1.82, 2.24) is 29.7 Å². The Kier molecular flexibility index (Phi) is 13.6. The van der Waals surface area contributed by atoms with E-state index in [9.17, 15) is 0 Å². The number of aromatic nitrogens is 6. The minimum Gasteiger partial charge on any atom is -0.493 e. The third kappa shape index (κ3) is 10.6. The predicted octanol–water partition coefficient (Wildman–Crippen LogP) is 9.04. The van der Waals surface area contributed by atoms with Crippen molar-refractivity contribution in [2.45, 2.75) is 51.4 Å². The van der Waals surface area contributed by atoms with Crippen molar-refractivity contribution in [3.8, 4) is 11.5 Å². The van der Waals surface area contributed by atoms with Gasteiger partial charge in [0.1, 0.15) is 11.5 Å². The molecule has 2 aromatic heterocycles. The SMILES string of the molecule is C1=N\n2c(nnc2SCc2ccccc2)SCCCCSc2nnc(SCc3ccccc3)n2/N=C\c2ccccc2OCCCOc2ccccc2/1. The molecule has 7 rings (SSSR count). The van der Waals surface area contributed by atoms with E-state index in [1.165, 1.54) is 11.1 Å². The van der Waals surface area contributed by atoms with Gasteiger partial charge in [0.05, 0.1) is 25.6 Å². The Morgan fingerprint density at radius 2 is 0.943 bits per heavy atom. The van der Waals surface area contributed by atoms with Crippen LogP contribution in [-0.4, -0.2) is 66.9 Å². The average molecular weight is 779 g/mol. The summed E-state index contributed by atoms with van der Waals surface area (Å²) in [6, 6.07) is 36.6. The van der Waals surface area contributed by atoms with E-state index in [-0.39, 0.29) is 0 Å². The third-order valence-electron chi connectivity index (χ3n) is 7.86. The molecule has 0 saturated carbocycles. The average Bonchev–Trinajstić information content (AvgIpc) is 3.79. The van der Waals surface area contributed by atoms with Gasteiger partial charge in [-0.05, 0) is 48.2 Å². The van der Waals surface area contributed by atoms with E-state index in [4.69, 9.17) is 19.7 Å². The summed E-state index contributed by atoms with van der Waals surface area (Å²) < 4.78 is 16.2. The zero-order valence-electron chi connectivity index (χ0n) is 28.9. The Morgan fingerprint density at radius 3 is 1.42 bits per heavy atom. The van der Waals surface area contributed by atoms with Crippen molar-refractivity contribution in [2.75, 3.05) is 24.7 Å². The molecular weight excluding hydrogens is 741 g/mol. The summed E-state index contributed by atoms with van der Waals surface area (Å²) in [5.74, 6) is 4.79. The molecule has 10 nitrogen and oxygen atoms in total. The lowest BCUT2D eigenvalue weighted by atomic mass is 10.2. The summed E-state index contributed by atoms with van der Waals surface area (Å²) in [6.07, 6.45) is 6.31. The normalized spacial score (nSPS) is 15.4. The summed E-state index contributed by atoms with van der Waals surface area (Å²) in [5, 5.41) is 30.9. The molecule has 6 aromatic rings. The number of hydrogen-bond donors (Lipinski definition) is 0. The van der Waals surface area contributed by atoms with Crippen LogP contribution >= 0.6 is 47.0 Å². The van der Waals surface area contributed by atoms with E-state index in [1.807, 2.05) is 82.4 Å². The minimum atomic E-state index is 0.482. The van der Waals surface area contributed by atoms with E-state index < -0.39 is 0 Å². The van der Waals surface area contributed by atoms with Crippen LogP contribution in [0.1, 0.15) is 41.5 Å². The highest BCUT2D eigenvalue weighted by atomic mass is 32.2. The van der Waals surface area contributed by atoms with Crippen LogP contribution in [0.5, 0.6) is 11.5 Å². The standard InChI is InChI=1S/C39H38N8O2S4/c1-3-14-30(15-4-1)28-52-38-44-42-36-46(38)40-26-32-18-7-9-20-34(32)48-22-13-23-49-35-21-10-8-19-33(35)27-41-47-37(51-25-12-11-24-50-36)43-45-39(47)53-29-31-16-5-2-6-17-31/h1-10,14-21,26-27H,11-13,22-25,28-29H2/b40-26-,41-27-. The Hall–Kier alpha value is -4.50. The number of ether oxygens (including phenoxy) is 2. The maximum Gasteiger partial charge on any atom is 0.213 e. The first-order chi connectivity index (χ1) is 26.3. The van der Waals surface area contributed by atoms with Gasteiger partial charge in [-0.2, -0.15) is 19.6 Å². The molecule has 0 saturated heterocycles. The second-order valence-electron chi connectivity index (χ2n) is 11.7. The number of hydrogen-bond acceptors (Lipinski definition) is 12. The summed E-state index contributed by atoms with van der Waals surface area (Å²) in [5.41, 5.74) is 4.19. The van der Waals surface area contributed by atoms with Crippen LogP contribution in [0.25, 0.3) is 0 Å². The molecule has 1 aliphatic heterocycles. The second-order valence-corrected chi connectivity index (χ2v) is 15.7. The molecule has 0 spiro atoms. The fourth-order valence-electron chi connectivity index (χ4n) is 5.14.